The molecule has 0 spiro atoms. The molecule has 3 unspecified atom stereocenters. The van der Waals surface area contributed by atoms with E-state index in [2.05, 4.69) is 24.1 Å². The molecule has 1 rings (SSSR count). The maximum Gasteiger partial charge on any atom is 0.237 e. The molecule has 4 heteroatoms. The van der Waals surface area contributed by atoms with Crippen LogP contribution in [-0.4, -0.2) is 41.5 Å². The van der Waals surface area contributed by atoms with Gasteiger partial charge in [0.2, 0.25) is 5.91 Å². The Morgan fingerprint density at radius 1 is 1.47 bits per heavy atom. The van der Waals surface area contributed by atoms with E-state index in [4.69, 9.17) is 5.73 Å². The van der Waals surface area contributed by atoms with Crippen LogP contribution in [0.5, 0.6) is 0 Å². The summed E-state index contributed by atoms with van der Waals surface area (Å²) in [6.45, 7) is 12.7. The minimum Gasteiger partial charge on any atom is -0.368 e. The van der Waals surface area contributed by atoms with E-state index in [-0.39, 0.29) is 11.9 Å². The number of hydrogen-bond acceptors (Lipinski definition) is 3. The second-order valence-electron chi connectivity index (χ2n) is 6.64. The van der Waals surface area contributed by atoms with E-state index in [1.165, 1.54) is 12.8 Å². The fraction of sp³-hybridized carbons (Fsp3) is 0.933. The van der Waals surface area contributed by atoms with Crippen molar-refractivity contribution in [3.8, 4) is 0 Å². The Bertz CT molecular complexity index is 306. The third-order valence-electron chi connectivity index (χ3n) is 4.55. The number of nitrogens with zero attached hydrogens (tertiary/aromatic N) is 1. The van der Waals surface area contributed by atoms with E-state index in [0.29, 0.717) is 6.04 Å². The van der Waals surface area contributed by atoms with Crippen molar-refractivity contribution < 1.29 is 4.79 Å². The summed E-state index contributed by atoms with van der Waals surface area (Å²) in [5.41, 5.74) is 4.97. The Labute approximate surface area is 118 Å². The first kappa shape index (κ1) is 16.4. The molecule has 1 amide bonds. The second kappa shape index (κ2) is 6.71. The summed E-state index contributed by atoms with van der Waals surface area (Å²) in [6, 6.07) is 0.861. The van der Waals surface area contributed by atoms with Gasteiger partial charge >= 0.3 is 0 Å². The van der Waals surface area contributed by atoms with Crippen molar-refractivity contribution in [3.63, 3.8) is 0 Å². The Hall–Kier alpha value is -0.610. The van der Waals surface area contributed by atoms with Crippen LogP contribution in [0, 0.1) is 5.92 Å². The van der Waals surface area contributed by atoms with Crippen LogP contribution in [0.1, 0.15) is 53.9 Å². The Morgan fingerprint density at radius 2 is 2.11 bits per heavy atom. The van der Waals surface area contributed by atoms with Crippen LogP contribution in [0.4, 0.5) is 0 Å². The Kier molecular flexibility index (Phi) is 5.81. The number of hydrogen-bond donors (Lipinski definition) is 2. The van der Waals surface area contributed by atoms with Crippen LogP contribution >= 0.6 is 0 Å². The van der Waals surface area contributed by atoms with Crippen molar-refractivity contribution in [3.05, 3.63) is 0 Å². The number of primary amides is 1. The largest absolute Gasteiger partial charge is 0.368 e. The number of nitrogens with two attached hydrogens (primary N) is 1. The highest BCUT2D eigenvalue weighted by molar-refractivity contribution is 5.84. The van der Waals surface area contributed by atoms with E-state index in [9.17, 15) is 4.79 Å². The van der Waals surface area contributed by atoms with Gasteiger partial charge in [-0.2, -0.15) is 0 Å². The van der Waals surface area contributed by atoms with Gasteiger partial charge in [-0.05, 0) is 59.4 Å². The Morgan fingerprint density at radius 3 is 2.63 bits per heavy atom. The van der Waals surface area contributed by atoms with Gasteiger partial charge in [0, 0.05) is 18.6 Å². The van der Waals surface area contributed by atoms with Crippen molar-refractivity contribution >= 4 is 5.91 Å². The van der Waals surface area contributed by atoms with Crippen LogP contribution in [0.2, 0.25) is 0 Å². The van der Waals surface area contributed by atoms with Gasteiger partial charge in [0.1, 0.15) is 0 Å². The normalized spacial score (nSPS) is 28.3. The molecular formula is C15H31N3O. The van der Waals surface area contributed by atoms with E-state index in [0.717, 1.165) is 25.4 Å². The molecule has 0 aromatic heterocycles. The van der Waals surface area contributed by atoms with Crippen LogP contribution in [0.15, 0.2) is 0 Å². The van der Waals surface area contributed by atoms with Gasteiger partial charge in [-0.3, -0.25) is 4.79 Å². The lowest BCUT2D eigenvalue weighted by Gasteiger charge is -2.40. The summed E-state index contributed by atoms with van der Waals surface area (Å²) in [4.78, 5) is 14.2. The van der Waals surface area contributed by atoms with E-state index < -0.39 is 5.54 Å². The summed E-state index contributed by atoms with van der Waals surface area (Å²) < 4.78 is 0. The SMILES string of the molecule is CC(C)NC(C)(CCN1CCCC(C)C1C)C(N)=O. The maximum absolute atomic E-state index is 11.7. The zero-order chi connectivity index (χ0) is 14.6. The minimum atomic E-state index is -0.603. The van der Waals surface area contributed by atoms with Gasteiger partial charge in [0.25, 0.3) is 0 Å². The van der Waals surface area contributed by atoms with Crippen molar-refractivity contribution in [2.24, 2.45) is 11.7 Å². The molecule has 3 N–H and O–H groups in total. The van der Waals surface area contributed by atoms with Gasteiger partial charge in [0.15, 0.2) is 0 Å². The summed E-state index contributed by atoms with van der Waals surface area (Å²) in [5.74, 6) is 0.491. The monoisotopic (exact) mass is 269 g/mol. The quantitative estimate of drug-likeness (QED) is 0.772. The lowest BCUT2D eigenvalue weighted by atomic mass is 9.90. The fourth-order valence-electron chi connectivity index (χ4n) is 3.01. The molecule has 0 aliphatic carbocycles. The van der Waals surface area contributed by atoms with Crippen LogP contribution < -0.4 is 11.1 Å². The average molecular weight is 269 g/mol. The number of piperidine rings is 1. The second-order valence-corrected chi connectivity index (χ2v) is 6.64. The number of rotatable bonds is 6. The zero-order valence-electron chi connectivity index (χ0n) is 13.2. The summed E-state index contributed by atoms with van der Waals surface area (Å²) >= 11 is 0. The van der Waals surface area contributed by atoms with Gasteiger partial charge in [-0.15, -0.1) is 0 Å². The molecule has 1 heterocycles. The van der Waals surface area contributed by atoms with Crippen molar-refractivity contribution in [1.82, 2.24) is 10.2 Å². The molecule has 19 heavy (non-hydrogen) atoms. The summed E-state index contributed by atoms with van der Waals surface area (Å²) in [6.07, 6.45) is 3.35. The summed E-state index contributed by atoms with van der Waals surface area (Å²) in [7, 11) is 0. The van der Waals surface area contributed by atoms with Crippen molar-refractivity contribution in [1.29, 1.82) is 0 Å². The van der Waals surface area contributed by atoms with Gasteiger partial charge in [-0.25, -0.2) is 0 Å². The zero-order valence-corrected chi connectivity index (χ0v) is 13.2. The third-order valence-corrected chi connectivity index (χ3v) is 4.55. The first-order valence-electron chi connectivity index (χ1n) is 7.58. The number of likely N-dealkylation sites (tertiary alicyclic amines) is 1. The van der Waals surface area contributed by atoms with Crippen molar-refractivity contribution in [2.75, 3.05) is 13.1 Å². The molecule has 112 valence electrons. The average Bonchev–Trinajstić information content (AvgIpc) is 2.30. The first-order chi connectivity index (χ1) is 8.76. The maximum atomic E-state index is 11.7. The molecule has 0 bridgehead atoms. The third kappa shape index (κ3) is 4.46. The molecule has 1 aliphatic rings. The molecule has 1 saturated heterocycles. The number of carbonyl (C=O) groups excluding carboxylic acids is 1. The molecule has 0 radical (unpaired) electrons. The summed E-state index contributed by atoms with van der Waals surface area (Å²) in [5, 5.41) is 3.32. The minimum absolute atomic E-state index is 0.251. The Balaban J connectivity index is 2.58. The van der Waals surface area contributed by atoms with Gasteiger partial charge in [0.05, 0.1) is 5.54 Å². The number of carbonyl (C=O) groups is 1. The molecule has 0 aromatic rings. The molecule has 1 fully saturated rings. The first-order valence-corrected chi connectivity index (χ1v) is 7.58. The topological polar surface area (TPSA) is 58.4 Å². The van der Waals surface area contributed by atoms with Crippen LogP contribution in [0.3, 0.4) is 0 Å². The lowest BCUT2D eigenvalue weighted by molar-refractivity contribution is -0.124. The predicted molar refractivity (Wildman–Crippen MR) is 79.9 cm³/mol. The smallest absolute Gasteiger partial charge is 0.237 e. The highest BCUT2D eigenvalue weighted by Gasteiger charge is 2.33. The van der Waals surface area contributed by atoms with Crippen LogP contribution in [-0.2, 0) is 4.79 Å². The molecule has 0 saturated carbocycles. The highest BCUT2D eigenvalue weighted by Crippen LogP contribution is 2.24. The fourth-order valence-corrected chi connectivity index (χ4v) is 3.01. The lowest BCUT2D eigenvalue weighted by Crippen LogP contribution is -2.57. The molecule has 3 atom stereocenters. The van der Waals surface area contributed by atoms with Gasteiger partial charge in [-0.1, -0.05) is 6.92 Å². The standard InChI is InChI=1S/C15H31N3O/c1-11(2)17-15(5,14(16)19)8-10-18-9-6-7-12(3)13(18)4/h11-13,17H,6-10H2,1-5H3,(H2,16,19). The molecule has 4 nitrogen and oxygen atoms in total. The van der Waals surface area contributed by atoms with E-state index >= 15 is 0 Å². The number of nitrogens with one attached hydrogen (secondary N) is 1. The van der Waals surface area contributed by atoms with Gasteiger partial charge < -0.3 is 16.0 Å². The molecular weight excluding hydrogens is 238 g/mol. The highest BCUT2D eigenvalue weighted by atomic mass is 16.1. The molecule has 1 aliphatic heterocycles. The van der Waals surface area contributed by atoms with Crippen molar-refractivity contribution in [2.45, 2.75) is 71.5 Å². The predicted octanol–water partition coefficient (Wildman–Crippen LogP) is 1.74. The van der Waals surface area contributed by atoms with Crippen LogP contribution in [0.25, 0.3) is 0 Å². The van der Waals surface area contributed by atoms with E-state index in [1.54, 1.807) is 0 Å². The number of amides is 1. The molecule has 0 aromatic carbocycles. The van der Waals surface area contributed by atoms with E-state index in [1.807, 2.05) is 20.8 Å².